The first-order valence-electron chi connectivity index (χ1n) is 5.19. The molecule has 2 rings (SSSR count). The average molecular weight is 197 g/mol. The predicted molar refractivity (Wildman–Crippen MR) is 49.5 cm³/mol. The summed E-state index contributed by atoms with van der Waals surface area (Å²) in [7, 11) is 0. The van der Waals surface area contributed by atoms with Gasteiger partial charge >= 0.3 is 5.97 Å². The highest BCUT2D eigenvalue weighted by Gasteiger charge is 2.51. The van der Waals surface area contributed by atoms with Crippen LogP contribution < -0.4 is 0 Å². The Balaban J connectivity index is 2.26. The lowest BCUT2D eigenvalue weighted by atomic mass is 9.98. The molecule has 14 heavy (non-hydrogen) atoms. The summed E-state index contributed by atoms with van der Waals surface area (Å²) in [5, 5.41) is 0. The normalized spacial score (nSPS) is 33.8. The van der Waals surface area contributed by atoms with Gasteiger partial charge in [0.25, 0.3) is 0 Å². The maximum absolute atomic E-state index is 11.8. The molecular formula is C10H15NO3. The summed E-state index contributed by atoms with van der Waals surface area (Å²) in [6.07, 6.45) is 2.20. The van der Waals surface area contributed by atoms with Crippen LogP contribution >= 0.6 is 0 Å². The molecule has 1 unspecified atom stereocenters. The summed E-state index contributed by atoms with van der Waals surface area (Å²) < 4.78 is 5.29. The molecule has 0 aliphatic carbocycles. The van der Waals surface area contributed by atoms with Gasteiger partial charge in [-0.25, -0.2) is 0 Å². The van der Waals surface area contributed by atoms with E-state index in [9.17, 15) is 9.59 Å². The van der Waals surface area contributed by atoms with Crippen LogP contribution in [0.3, 0.4) is 0 Å². The van der Waals surface area contributed by atoms with Crippen LogP contribution in [-0.2, 0) is 14.3 Å². The van der Waals surface area contributed by atoms with E-state index in [0.29, 0.717) is 12.8 Å². The Labute approximate surface area is 83.2 Å². The van der Waals surface area contributed by atoms with Gasteiger partial charge in [0.1, 0.15) is 0 Å². The van der Waals surface area contributed by atoms with Crippen molar-refractivity contribution >= 4 is 11.8 Å². The van der Waals surface area contributed by atoms with Crippen molar-refractivity contribution in [3.8, 4) is 0 Å². The standard InChI is InChI=1S/C10H15NO3/c1-2-11-7-3-6-10(11)8(12)4-5-9(13)14-10/h2-7H2,1H3. The second-order valence-electron chi connectivity index (χ2n) is 3.86. The highest BCUT2D eigenvalue weighted by atomic mass is 16.6. The number of hydrogen-bond donors (Lipinski definition) is 0. The lowest BCUT2D eigenvalue weighted by Crippen LogP contribution is -2.55. The summed E-state index contributed by atoms with van der Waals surface area (Å²) in [4.78, 5) is 25.0. The topological polar surface area (TPSA) is 46.6 Å². The van der Waals surface area contributed by atoms with Gasteiger partial charge in [-0.3, -0.25) is 14.5 Å². The van der Waals surface area contributed by atoms with E-state index in [0.717, 1.165) is 19.5 Å². The van der Waals surface area contributed by atoms with E-state index in [-0.39, 0.29) is 18.2 Å². The van der Waals surface area contributed by atoms with Gasteiger partial charge in [0, 0.05) is 19.4 Å². The molecule has 4 heteroatoms. The Morgan fingerprint density at radius 3 is 2.93 bits per heavy atom. The number of likely N-dealkylation sites (tertiary alicyclic amines) is 1. The molecule has 1 spiro atoms. The van der Waals surface area contributed by atoms with Crippen molar-refractivity contribution in [2.24, 2.45) is 0 Å². The van der Waals surface area contributed by atoms with Crippen LogP contribution in [0.5, 0.6) is 0 Å². The van der Waals surface area contributed by atoms with Crippen molar-refractivity contribution in [3.05, 3.63) is 0 Å². The van der Waals surface area contributed by atoms with Crippen molar-refractivity contribution in [3.63, 3.8) is 0 Å². The van der Waals surface area contributed by atoms with E-state index >= 15 is 0 Å². The molecule has 2 heterocycles. The molecule has 0 aromatic rings. The second kappa shape index (κ2) is 3.35. The summed E-state index contributed by atoms with van der Waals surface area (Å²) in [6.45, 7) is 3.61. The summed E-state index contributed by atoms with van der Waals surface area (Å²) in [6, 6.07) is 0. The molecule has 2 fully saturated rings. The molecule has 0 amide bonds. The molecule has 2 saturated heterocycles. The highest BCUT2D eigenvalue weighted by Crippen LogP contribution is 2.35. The number of rotatable bonds is 1. The zero-order valence-electron chi connectivity index (χ0n) is 8.41. The fourth-order valence-corrected chi connectivity index (χ4v) is 2.40. The maximum Gasteiger partial charge on any atom is 0.308 e. The average Bonchev–Trinajstić information content (AvgIpc) is 2.56. The van der Waals surface area contributed by atoms with Crippen LogP contribution in [0.25, 0.3) is 0 Å². The number of Topliss-reactive ketones (excluding diaryl/α,β-unsaturated/α-hetero) is 1. The lowest BCUT2D eigenvalue weighted by Gasteiger charge is -2.38. The first-order chi connectivity index (χ1) is 6.69. The van der Waals surface area contributed by atoms with E-state index in [4.69, 9.17) is 4.74 Å². The summed E-state index contributed by atoms with van der Waals surface area (Å²) in [5.41, 5.74) is -0.885. The highest BCUT2D eigenvalue weighted by molar-refractivity contribution is 5.94. The monoisotopic (exact) mass is 197 g/mol. The summed E-state index contributed by atoms with van der Waals surface area (Å²) in [5.74, 6) is -0.151. The number of ether oxygens (including phenoxy) is 1. The minimum Gasteiger partial charge on any atom is -0.436 e. The number of carbonyl (C=O) groups excluding carboxylic acids is 2. The van der Waals surface area contributed by atoms with Crippen molar-refractivity contribution < 1.29 is 14.3 Å². The molecule has 0 aromatic carbocycles. The first-order valence-corrected chi connectivity index (χ1v) is 5.19. The molecule has 0 radical (unpaired) electrons. The SMILES string of the molecule is CCN1CCCC12OC(=O)CCC2=O. The van der Waals surface area contributed by atoms with Crippen molar-refractivity contribution in [2.75, 3.05) is 13.1 Å². The molecular weight excluding hydrogens is 182 g/mol. The fraction of sp³-hybridized carbons (Fsp3) is 0.800. The molecule has 4 nitrogen and oxygen atoms in total. The fourth-order valence-electron chi connectivity index (χ4n) is 2.40. The largest absolute Gasteiger partial charge is 0.436 e. The van der Waals surface area contributed by atoms with Gasteiger partial charge in [0.15, 0.2) is 5.78 Å². The molecule has 0 bridgehead atoms. The predicted octanol–water partition coefficient (Wildman–Crippen LogP) is 0.704. The van der Waals surface area contributed by atoms with Crippen LogP contribution in [0.15, 0.2) is 0 Å². The van der Waals surface area contributed by atoms with E-state index in [1.807, 2.05) is 11.8 Å². The number of hydrogen-bond acceptors (Lipinski definition) is 4. The number of ketones is 1. The van der Waals surface area contributed by atoms with Crippen molar-refractivity contribution in [1.29, 1.82) is 0 Å². The molecule has 0 saturated carbocycles. The Morgan fingerprint density at radius 2 is 2.21 bits per heavy atom. The molecule has 2 aliphatic rings. The minimum absolute atomic E-state index is 0.0800. The number of carbonyl (C=O) groups is 2. The van der Waals surface area contributed by atoms with E-state index in [2.05, 4.69) is 0 Å². The zero-order chi connectivity index (χ0) is 10.2. The van der Waals surface area contributed by atoms with E-state index in [1.165, 1.54) is 0 Å². The minimum atomic E-state index is -0.885. The third-order valence-electron chi connectivity index (χ3n) is 3.11. The Hall–Kier alpha value is -0.900. The Bertz CT molecular complexity index is 277. The van der Waals surface area contributed by atoms with Gasteiger partial charge in [-0.15, -0.1) is 0 Å². The van der Waals surface area contributed by atoms with Crippen LogP contribution in [0, 0.1) is 0 Å². The zero-order valence-corrected chi connectivity index (χ0v) is 8.41. The van der Waals surface area contributed by atoms with Gasteiger partial charge in [-0.2, -0.15) is 0 Å². The molecule has 1 atom stereocenters. The number of nitrogens with zero attached hydrogens (tertiary/aromatic N) is 1. The van der Waals surface area contributed by atoms with Crippen molar-refractivity contribution in [2.45, 2.75) is 38.3 Å². The Kier molecular flexibility index (Phi) is 2.31. The Morgan fingerprint density at radius 1 is 1.43 bits per heavy atom. The number of likely N-dealkylation sites (N-methyl/N-ethyl adjacent to an activating group) is 1. The van der Waals surface area contributed by atoms with Gasteiger partial charge < -0.3 is 4.74 Å². The van der Waals surface area contributed by atoms with Gasteiger partial charge in [-0.05, 0) is 13.0 Å². The molecule has 0 aromatic heterocycles. The lowest BCUT2D eigenvalue weighted by molar-refractivity contribution is -0.192. The summed E-state index contributed by atoms with van der Waals surface area (Å²) >= 11 is 0. The quantitative estimate of drug-likeness (QED) is 0.581. The van der Waals surface area contributed by atoms with E-state index in [1.54, 1.807) is 0 Å². The van der Waals surface area contributed by atoms with Gasteiger partial charge in [0.2, 0.25) is 5.72 Å². The van der Waals surface area contributed by atoms with Crippen LogP contribution in [0.1, 0.15) is 32.6 Å². The molecule has 0 N–H and O–H groups in total. The maximum atomic E-state index is 11.8. The van der Waals surface area contributed by atoms with Gasteiger partial charge in [0.05, 0.1) is 6.42 Å². The molecule has 2 aliphatic heterocycles. The van der Waals surface area contributed by atoms with Gasteiger partial charge in [-0.1, -0.05) is 6.92 Å². The second-order valence-corrected chi connectivity index (χ2v) is 3.86. The van der Waals surface area contributed by atoms with Crippen LogP contribution in [-0.4, -0.2) is 35.5 Å². The van der Waals surface area contributed by atoms with Crippen molar-refractivity contribution in [1.82, 2.24) is 4.90 Å². The smallest absolute Gasteiger partial charge is 0.308 e. The number of esters is 1. The van der Waals surface area contributed by atoms with Crippen LogP contribution in [0.2, 0.25) is 0 Å². The third-order valence-corrected chi connectivity index (χ3v) is 3.11. The third kappa shape index (κ3) is 1.25. The molecule has 78 valence electrons. The van der Waals surface area contributed by atoms with E-state index < -0.39 is 5.72 Å². The first kappa shape index (κ1) is 9.65. The van der Waals surface area contributed by atoms with Crippen LogP contribution in [0.4, 0.5) is 0 Å².